The third-order valence-corrected chi connectivity index (χ3v) is 6.95. The minimum absolute atomic E-state index is 0.241. The molecule has 0 spiro atoms. The summed E-state index contributed by atoms with van der Waals surface area (Å²) in [6.45, 7) is 2.65. The average Bonchev–Trinajstić information content (AvgIpc) is 3.09. The van der Waals surface area contributed by atoms with E-state index in [1.807, 2.05) is 17.0 Å². The van der Waals surface area contributed by atoms with Crippen LogP contribution in [0.2, 0.25) is 0 Å². The van der Waals surface area contributed by atoms with Gasteiger partial charge in [0.1, 0.15) is 10.6 Å². The molecule has 7 nitrogen and oxygen atoms in total. The highest BCUT2D eigenvalue weighted by atomic mass is 32.1. The van der Waals surface area contributed by atoms with Crippen molar-refractivity contribution in [1.29, 1.82) is 0 Å². The Balaban J connectivity index is 1.54. The van der Waals surface area contributed by atoms with Gasteiger partial charge in [0.2, 0.25) is 5.91 Å². The zero-order chi connectivity index (χ0) is 19.8. The number of nitrogens with two attached hydrogens (primary N) is 1. The number of nitrogens with one attached hydrogen (secondary N) is 1. The summed E-state index contributed by atoms with van der Waals surface area (Å²) < 4.78 is 0. The van der Waals surface area contributed by atoms with E-state index in [-0.39, 0.29) is 5.92 Å². The molecule has 3 aromatic rings. The van der Waals surface area contributed by atoms with E-state index in [9.17, 15) is 4.79 Å². The largest absolute Gasteiger partial charge is 0.368 e. The summed E-state index contributed by atoms with van der Waals surface area (Å²) in [6.07, 6.45) is 7.62. The second-order valence-electron chi connectivity index (χ2n) is 7.67. The van der Waals surface area contributed by atoms with Crippen molar-refractivity contribution in [3.05, 3.63) is 35.0 Å². The summed E-state index contributed by atoms with van der Waals surface area (Å²) in [5, 5.41) is 4.48. The lowest BCUT2D eigenvalue weighted by atomic mass is 9.84. The van der Waals surface area contributed by atoms with Crippen LogP contribution in [0.4, 0.5) is 5.82 Å². The lowest BCUT2D eigenvalue weighted by molar-refractivity contribution is -0.139. The molecule has 3 N–H and O–H groups in total. The van der Waals surface area contributed by atoms with Crippen LogP contribution in [0.15, 0.2) is 24.5 Å². The number of rotatable bonds is 5. The number of anilines is 1. The molecule has 29 heavy (non-hydrogen) atoms. The number of pyridine rings is 1. The molecule has 1 fully saturated rings. The Morgan fingerprint density at radius 2 is 2.10 bits per heavy atom. The molecule has 1 amide bonds. The van der Waals surface area contributed by atoms with Crippen molar-refractivity contribution >= 4 is 33.3 Å². The van der Waals surface area contributed by atoms with Gasteiger partial charge >= 0.3 is 0 Å². The van der Waals surface area contributed by atoms with Crippen LogP contribution >= 0.6 is 11.3 Å². The third kappa shape index (κ3) is 3.36. The fourth-order valence-corrected chi connectivity index (χ4v) is 5.28. The van der Waals surface area contributed by atoms with Crippen molar-refractivity contribution in [2.75, 3.05) is 25.0 Å². The van der Waals surface area contributed by atoms with Gasteiger partial charge in [0.25, 0.3) is 0 Å². The zero-order valence-electron chi connectivity index (χ0n) is 16.2. The number of nitrogens with zero attached hydrogens (tertiary/aromatic N) is 4. The molecule has 0 atom stereocenters. The smallest absolute Gasteiger partial charge is 0.226 e. The van der Waals surface area contributed by atoms with Gasteiger partial charge in [0.05, 0.1) is 11.9 Å². The molecule has 1 aliphatic carbocycles. The van der Waals surface area contributed by atoms with E-state index in [4.69, 9.17) is 15.7 Å². The Hall–Kier alpha value is -2.58. The van der Waals surface area contributed by atoms with Crippen molar-refractivity contribution in [2.45, 2.75) is 32.2 Å². The van der Waals surface area contributed by atoms with Gasteiger partial charge in [-0.2, -0.15) is 0 Å². The van der Waals surface area contributed by atoms with Crippen molar-refractivity contribution in [3.63, 3.8) is 0 Å². The standard InChI is InChI=1S/C21H24N6OS/c22-7-10-24-19-17-15-6-11-27(21(28)14-2-1-3-14)12-16(15)29-20(17)26-18(25-19)13-4-8-23-9-5-13/h4-5,8-9,14H,1-3,6-7,10-12,22H2,(H,24,25,26). The van der Waals surface area contributed by atoms with Gasteiger partial charge in [-0.15, -0.1) is 11.3 Å². The molecule has 1 aliphatic heterocycles. The van der Waals surface area contributed by atoms with Crippen molar-refractivity contribution in [1.82, 2.24) is 19.9 Å². The number of fused-ring (bicyclic) bond motifs is 3. The fourth-order valence-electron chi connectivity index (χ4n) is 4.05. The lowest BCUT2D eigenvalue weighted by Crippen LogP contribution is -2.41. The molecule has 0 radical (unpaired) electrons. The molecule has 0 saturated heterocycles. The van der Waals surface area contributed by atoms with E-state index in [0.29, 0.717) is 31.4 Å². The molecule has 8 heteroatoms. The van der Waals surface area contributed by atoms with Gasteiger partial charge in [-0.25, -0.2) is 9.97 Å². The molecular weight excluding hydrogens is 384 g/mol. The predicted molar refractivity (Wildman–Crippen MR) is 115 cm³/mol. The first-order chi connectivity index (χ1) is 14.2. The summed E-state index contributed by atoms with van der Waals surface area (Å²) >= 11 is 1.68. The summed E-state index contributed by atoms with van der Waals surface area (Å²) in [7, 11) is 0. The molecule has 0 aromatic carbocycles. The van der Waals surface area contributed by atoms with Gasteiger partial charge in [-0.1, -0.05) is 6.42 Å². The van der Waals surface area contributed by atoms with Crippen molar-refractivity contribution < 1.29 is 4.79 Å². The normalized spacial score (nSPS) is 16.5. The maximum absolute atomic E-state index is 12.7. The van der Waals surface area contributed by atoms with E-state index in [2.05, 4.69) is 10.3 Å². The molecule has 0 bridgehead atoms. The Bertz CT molecular complexity index is 1050. The lowest BCUT2D eigenvalue weighted by Gasteiger charge is -2.33. The molecule has 150 valence electrons. The van der Waals surface area contributed by atoms with E-state index in [1.165, 1.54) is 16.9 Å². The number of amides is 1. The van der Waals surface area contributed by atoms with Gasteiger partial charge in [0.15, 0.2) is 5.82 Å². The summed E-state index contributed by atoms with van der Waals surface area (Å²) in [5.74, 6) is 2.08. The SMILES string of the molecule is NCCNc1nc(-c2ccncc2)nc2sc3c(c12)CCN(C(=O)C1CCC1)C3. The molecule has 5 rings (SSSR count). The summed E-state index contributed by atoms with van der Waals surface area (Å²) in [5.41, 5.74) is 7.94. The average molecular weight is 409 g/mol. The van der Waals surface area contributed by atoms with Crippen molar-refractivity contribution in [3.8, 4) is 11.4 Å². The maximum atomic E-state index is 12.7. The van der Waals surface area contributed by atoms with Crippen molar-refractivity contribution in [2.24, 2.45) is 11.7 Å². The number of hydrogen-bond acceptors (Lipinski definition) is 7. The number of hydrogen-bond donors (Lipinski definition) is 2. The highest BCUT2D eigenvalue weighted by Gasteiger charge is 2.33. The Kier molecular flexibility index (Phi) is 4.89. The zero-order valence-corrected chi connectivity index (χ0v) is 17.0. The van der Waals surface area contributed by atoms with E-state index >= 15 is 0 Å². The van der Waals surface area contributed by atoms with Crippen LogP contribution < -0.4 is 11.1 Å². The van der Waals surface area contributed by atoms with Crippen LogP contribution in [0.3, 0.4) is 0 Å². The number of aromatic nitrogens is 3. The van der Waals surface area contributed by atoms with Crippen LogP contribution in [0, 0.1) is 5.92 Å². The molecule has 2 aliphatic rings. The molecule has 3 aromatic heterocycles. The minimum atomic E-state index is 0.241. The van der Waals surface area contributed by atoms with Gasteiger partial charge < -0.3 is 16.0 Å². The summed E-state index contributed by atoms with van der Waals surface area (Å²) in [4.78, 5) is 30.7. The quantitative estimate of drug-likeness (QED) is 0.674. The monoisotopic (exact) mass is 408 g/mol. The number of thiophene rings is 1. The third-order valence-electron chi connectivity index (χ3n) is 5.84. The highest BCUT2D eigenvalue weighted by molar-refractivity contribution is 7.19. The summed E-state index contributed by atoms with van der Waals surface area (Å²) in [6, 6.07) is 3.83. The topological polar surface area (TPSA) is 97.0 Å². The number of carbonyl (C=O) groups excluding carboxylic acids is 1. The first-order valence-corrected chi connectivity index (χ1v) is 11.0. The first-order valence-electron chi connectivity index (χ1n) is 10.2. The van der Waals surface area contributed by atoms with Crippen LogP contribution in [0.5, 0.6) is 0 Å². The highest BCUT2D eigenvalue weighted by Crippen LogP contribution is 2.39. The second kappa shape index (κ2) is 7.68. The molecule has 1 saturated carbocycles. The minimum Gasteiger partial charge on any atom is -0.368 e. The van der Waals surface area contributed by atoms with Crippen LogP contribution in [0.25, 0.3) is 21.6 Å². The van der Waals surface area contributed by atoms with Crippen LogP contribution in [-0.4, -0.2) is 45.4 Å². The van der Waals surface area contributed by atoms with Crippen LogP contribution in [-0.2, 0) is 17.8 Å². The van der Waals surface area contributed by atoms with Gasteiger partial charge in [0, 0.05) is 48.4 Å². The fraction of sp³-hybridized carbons (Fsp3) is 0.429. The Labute approximate surface area is 173 Å². The second-order valence-corrected chi connectivity index (χ2v) is 8.75. The maximum Gasteiger partial charge on any atom is 0.226 e. The van der Waals surface area contributed by atoms with E-state index in [1.54, 1.807) is 23.7 Å². The van der Waals surface area contributed by atoms with E-state index in [0.717, 1.165) is 47.4 Å². The number of carbonyl (C=O) groups is 1. The van der Waals surface area contributed by atoms with Gasteiger partial charge in [-0.3, -0.25) is 9.78 Å². The molecule has 0 unspecified atom stereocenters. The Morgan fingerprint density at radius 3 is 2.83 bits per heavy atom. The molecular formula is C21H24N6OS. The Morgan fingerprint density at radius 1 is 1.28 bits per heavy atom. The molecule has 4 heterocycles. The first kappa shape index (κ1) is 18.4. The van der Waals surface area contributed by atoms with E-state index < -0.39 is 0 Å². The predicted octanol–water partition coefficient (Wildman–Crippen LogP) is 2.81. The van der Waals surface area contributed by atoms with Crippen LogP contribution in [0.1, 0.15) is 29.7 Å². The van der Waals surface area contributed by atoms with Gasteiger partial charge in [-0.05, 0) is 37.0 Å².